The van der Waals surface area contributed by atoms with Crippen LogP contribution in [-0.4, -0.2) is 57.7 Å². The number of nitrogens with one attached hydrogen (secondary N) is 3. The Morgan fingerprint density at radius 1 is 0.735 bits per heavy atom. The Labute approximate surface area is 283 Å². The van der Waals surface area contributed by atoms with E-state index in [0.29, 0.717) is 17.5 Å². The molecule has 0 radical (unpaired) electrons. The molecule has 11 nitrogen and oxygen atoms in total. The standard InChI is InChI=1S/C36H38FN4O7P/c37-28-13-7-12-27(22-28)35(45)41-33(21-25-10-5-2-6-11-25)49(47,48)23-32(43)39-30(19-16-24-8-3-1-4-9-24)36(46)40-31(34(38)44)20-26-14-17-29(42)18-15-26/h1-15,17-18,22,30-31,33,42H,16,19-21,23H2,(H2,38,44)(H,39,43)(H,40,46)(H,41,45)(H,47,48)/t30-,31?,33-/m0/s1. The van der Waals surface area contributed by atoms with Crippen LogP contribution in [0.2, 0.25) is 0 Å². The molecule has 7 N–H and O–H groups in total. The van der Waals surface area contributed by atoms with Crippen LogP contribution in [0.15, 0.2) is 109 Å². The van der Waals surface area contributed by atoms with Crippen LogP contribution in [0.1, 0.15) is 33.5 Å². The van der Waals surface area contributed by atoms with E-state index in [0.717, 1.165) is 17.7 Å². The van der Waals surface area contributed by atoms with E-state index < -0.39 is 60.8 Å². The number of carbonyl (C=O) groups is 4. The second-order valence-electron chi connectivity index (χ2n) is 11.6. The predicted molar refractivity (Wildman–Crippen MR) is 182 cm³/mol. The molecule has 4 rings (SSSR count). The quantitative estimate of drug-likeness (QED) is 0.0973. The molecular formula is C36H38FN4O7P. The SMILES string of the molecule is NC(=O)C(Cc1ccc(O)cc1)NC(=O)[C@H](CCc1ccccc1)NC(=O)CP(=O)(O)[C@@H](Cc1ccccc1)NC(=O)c1cccc(F)c1. The van der Waals surface area contributed by atoms with Crippen molar-refractivity contribution in [2.45, 2.75) is 43.5 Å². The van der Waals surface area contributed by atoms with Crippen LogP contribution in [0.3, 0.4) is 0 Å². The van der Waals surface area contributed by atoms with Gasteiger partial charge in [-0.05, 0) is 59.9 Å². The fraction of sp³-hybridized carbons (Fsp3) is 0.222. The number of benzene rings is 4. The lowest BCUT2D eigenvalue weighted by Crippen LogP contribution is -2.54. The molecule has 0 saturated carbocycles. The molecule has 0 saturated heterocycles. The Hall–Kier alpha value is -5.32. The third kappa shape index (κ3) is 11.4. The van der Waals surface area contributed by atoms with Crippen molar-refractivity contribution in [1.82, 2.24) is 16.0 Å². The van der Waals surface area contributed by atoms with Gasteiger partial charge in [0.2, 0.25) is 25.1 Å². The first-order valence-corrected chi connectivity index (χ1v) is 17.4. The number of aryl methyl sites for hydroxylation is 1. The van der Waals surface area contributed by atoms with Crippen LogP contribution in [-0.2, 0) is 38.2 Å². The van der Waals surface area contributed by atoms with E-state index in [1.165, 1.54) is 24.3 Å². The van der Waals surface area contributed by atoms with Crippen LogP contribution in [0.25, 0.3) is 0 Å². The van der Waals surface area contributed by atoms with Gasteiger partial charge < -0.3 is 31.7 Å². The van der Waals surface area contributed by atoms with Crippen molar-refractivity contribution in [2.75, 3.05) is 6.16 Å². The lowest BCUT2D eigenvalue weighted by Gasteiger charge is -2.26. The average molecular weight is 689 g/mol. The van der Waals surface area contributed by atoms with Gasteiger partial charge in [0, 0.05) is 18.4 Å². The van der Waals surface area contributed by atoms with Gasteiger partial charge in [0.05, 0.1) is 0 Å². The second-order valence-corrected chi connectivity index (χ2v) is 14.0. The molecule has 256 valence electrons. The summed E-state index contributed by atoms with van der Waals surface area (Å²) in [7, 11) is -4.53. The van der Waals surface area contributed by atoms with Gasteiger partial charge in [-0.3, -0.25) is 23.7 Å². The van der Waals surface area contributed by atoms with E-state index >= 15 is 0 Å². The predicted octanol–water partition coefficient (Wildman–Crippen LogP) is 3.43. The first-order valence-electron chi connectivity index (χ1n) is 15.5. The Morgan fingerprint density at radius 2 is 1.35 bits per heavy atom. The van der Waals surface area contributed by atoms with Gasteiger partial charge in [-0.25, -0.2) is 4.39 Å². The van der Waals surface area contributed by atoms with Crippen molar-refractivity contribution in [3.05, 3.63) is 137 Å². The first-order chi connectivity index (χ1) is 23.4. The minimum atomic E-state index is -4.53. The zero-order chi connectivity index (χ0) is 35.4. The average Bonchev–Trinajstić information content (AvgIpc) is 3.07. The summed E-state index contributed by atoms with van der Waals surface area (Å²) in [5.74, 6) is -5.38. The van der Waals surface area contributed by atoms with Crippen molar-refractivity contribution in [3.8, 4) is 5.75 Å². The summed E-state index contributed by atoms with van der Waals surface area (Å²) in [5.41, 5.74) is 7.59. The minimum Gasteiger partial charge on any atom is -0.508 e. The van der Waals surface area contributed by atoms with E-state index in [1.54, 1.807) is 42.5 Å². The number of halogens is 1. The molecule has 0 aromatic heterocycles. The molecule has 0 aliphatic carbocycles. The Balaban J connectivity index is 1.52. The summed E-state index contributed by atoms with van der Waals surface area (Å²) in [6, 6.07) is 26.1. The first kappa shape index (κ1) is 36.5. The highest BCUT2D eigenvalue weighted by Gasteiger charge is 2.36. The van der Waals surface area contributed by atoms with E-state index in [9.17, 15) is 38.1 Å². The lowest BCUT2D eigenvalue weighted by molar-refractivity contribution is -0.130. The monoisotopic (exact) mass is 688 g/mol. The van der Waals surface area contributed by atoms with Crippen LogP contribution in [0, 0.1) is 5.82 Å². The van der Waals surface area contributed by atoms with Gasteiger partial charge in [0.15, 0.2) is 0 Å². The number of hydrogen-bond donors (Lipinski definition) is 6. The number of rotatable bonds is 16. The fourth-order valence-electron chi connectivity index (χ4n) is 5.14. The van der Waals surface area contributed by atoms with Crippen LogP contribution in [0.4, 0.5) is 4.39 Å². The van der Waals surface area contributed by atoms with Crippen molar-refractivity contribution in [2.24, 2.45) is 5.73 Å². The number of primary amides is 1. The summed E-state index contributed by atoms with van der Waals surface area (Å²) >= 11 is 0. The number of carbonyl (C=O) groups excluding carboxylic acids is 4. The van der Waals surface area contributed by atoms with Crippen LogP contribution < -0.4 is 21.7 Å². The van der Waals surface area contributed by atoms with Gasteiger partial charge in [0.1, 0.15) is 35.6 Å². The number of phenolic OH excluding ortho intramolecular Hbond substituents is 1. The highest BCUT2D eigenvalue weighted by Crippen LogP contribution is 2.46. The third-order valence-electron chi connectivity index (χ3n) is 7.77. The molecule has 4 aromatic carbocycles. The van der Waals surface area contributed by atoms with Gasteiger partial charge in [0.25, 0.3) is 5.91 Å². The van der Waals surface area contributed by atoms with Gasteiger partial charge in [-0.1, -0.05) is 78.9 Å². The molecule has 0 spiro atoms. The molecule has 49 heavy (non-hydrogen) atoms. The van der Waals surface area contributed by atoms with Crippen LogP contribution >= 0.6 is 7.37 Å². The third-order valence-corrected chi connectivity index (χ3v) is 9.79. The highest BCUT2D eigenvalue weighted by molar-refractivity contribution is 7.59. The van der Waals surface area contributed by atoms with Crippen molar-refractivity contribution in [3.63, 3.8) is 0 Å². The maximum Gasteiger partial charge on any atom is 0.252 e. The maximum absolute atomic E-state index is 13.8. The minimum absolute atomic E-state index is 0.0126. The van der Waals surface area contributed by atoms with Gasteiger partial charge in [-0.2, -0.15) is 0 Å². The van der Waals surface area contributed by atoms with E-state index in [4.69, 9.17) is 5.73 Å². The normalized spacial score (nSPS) is 14.0. The molecule has 4 amide bonds. The lowest BCUT2D eigenvalue weighted by atomic mass is 10.0. The van der Waals surface area contributed by atoms with Crippen LogP contribution in [0.5, 0.6) is 5.75 Å². The Kier molecular flexibility index (Phi) is 12.8. The molecule has 2 unspecified atom stereocenters. The van der Waals surface area contributed by atoms with E-state index in [1.807, 2.05) is 30.3 Å². The Morgan fingerprint density at radius 3 is 1.96 bits per heavy atom. The summed E-state index contributed by atoms with van der Waals surface area (Å²) in [4.78, 5) is 63.5. The molecule has 0 aliphatic heterocycles. The molecule has 0 aliphatic rings. The number of aromatic hydroxyl groups is 1. The molecule has 0 heterocycles. The maximum atomic E-state index is 13.8. The largest absolute Gasteiger partial charge is 0.508 e. The highest BCUT2D eigenvalue weighted by atomic mass is 31.2. The van der Waals surface area contributed by atoms with Gasteiger partial charge >= 0.3 is 0 Å². The van der Waals surface area contributed by atoms with Crippen molar-refractivity contribution < 1.29 is 38.1 Å². The Bertz CT molecular complexity index is 1790. The molecule has 4 atom stereocenters. The fourth-order valence-corrected chi connectivity index (χ4v) is 6.68. The van der Waals surface area contributed by atoms with E-state index in [2.05, 4.69) is 16.0 Å². The van der Waals surface area contributed by atoms with Crippen molar-refractivity contribution in [1.29, 1.82) is 0 Å². The summed E-state index contributed by atoms with van der Waals surface area (Å²) in [6.07, 6.45) is -0.631. The summed E-state index contributed by atoms with van der Waals surface area (Å²) in [5, 5.41) is 17.2. The number of nitrogens with two attached hydrogens (primary N) is 1. The number of phenols is 1. The zero-order valence-corrected chi connectivity index (χ0v) is 27.4. The molecule has 4 aromatic rings. The van der Waals surface area contributed by atoms with Gasteiger partial charge in [-0.15, -0.1) is 0 Å². The summed E-state index contributed by atoms with van der Waals surface area (Å²) < 4.78 is 27.6. The topological polar surface area (TPSA) is 188 Å². The van der Waals surface area contributed by atoms with E-state index in [-0.39, 0.29) is 30.6 Å². The molecule has 0 fully saturated rings. The summed E-state index contributed by atoms with van der Waals surface area (Å²) in [6.45, 7) is 0. The smallest absolute Gasteiger partial charge is 0.252 e. The zero-order valence-electron chi connectivity index (χ0n) is 26.5. The van der Waals surface area contributed by atoms with Crippen molar-refractivity contribution >= 4 is 31.0 Å². The number of amides is 4. The molecule has 13 heteroatoms. The second kappa shape index (κ2) is 17.2. The molecular weight excluding hydrogens is 650 g/mol. The molecule has 0 bridgehead atoms. The number of hydrogen-bond acceptors (Lipinski definition) is 6.